The van der Waals surface area contributed by atoms with Gasteiger partial charge in [0.2, 0.25) is 5.91 Å². The van der Waals surface area contributed by atoms with Crippen molar-refractivity contribution in [2.75, 3.05) is 85.3 Å². The van der Waals surface area contributed by atoms with Crippen LogP contribution in [0.1, 0.15) is 78.9 Å². The number of halogens is 1. The van der Waals surface area contributed by atoms with E-state index in [1.807, 2.05) is 17.9 Å². The monoisotopic (exact) mass is 813 g/mol. The fourth-order valence-corrected chi connectivity index (χ4v) is 9.49. The molecule has 0 spiro atoms. The SMILES string of the molecule is CCOc1cccc(F)c1CN1CCN(C(=O)CN2CCC(CCc3ccccc3)(CN(CCO[Si](C)(C)C(C)(C)C)CCO[Si](C)(C)C(C)(C)C)CC2)CC1. The summed E-state index contributed by atoms with van der Waals surface area (Å²) in [6.45, 7) is 35.6. The van der Waals surface area contributed by atoms with Gasteiger partial charge in [-0.3, -0.25) is 19.5 Å². The molecule has 2 heterocycles. The van der Waals surface area contributed by atoms with Crippen molar-refractivity contribution in [3.8, 4) is 5.75 Å². The fourth-order valence-electron chi connectivity index (χ4n) is 7.42. The van der Waals surface area contributed by atoms with E-state index in [0.717, 1.165) is 84.7 Å². The predicted octanol–water partition coefficient (Wildman–Crippen LogP) is 8.93. The number of rotatable bonds is 19. The molecule has 56 heavy (non-hydrogen) atoms. The van der Waals surface area contributed by atoms with Crippen LogP contribution in [0.25, 0.3) is 0 Å². The van der Waals surface area contributed by atoms with Gasteiger partial charge in [0.25, 0.3) is 0 Å². The summed E-state index contributed by atoms with van der Waals surface area (Å²) in [5.74, 6) is 0.578. The highest BCUT2D eigenvalue weighted by Crippen LogP contribution is 2.40. The Balaban J connectivity index is 1.39. The molecular weight excluding hydrogens is 736 g/mol. The molecule has 2 aromatic carbocycles. The smallest absolute Gasteiger partial charge is 0.236 e. The number of amides is 1. The Morgan fingerprint density at radius 2 is 1.36 bits per heavy atom. The van der Waals surface area contributed by atoms with Gasteiger partial charge in [-0.2, -0.15) is 0 Å². The first-order valence-electron chi connectivity index (χ1n) is 21.4. The molecule has 1 amide bonds. The summed E-state index contributed by atoms with van der Waals surface area (Å²) in [6.07, 6.45) is 4.30. The number of benzene rings is 2. The van der Waals surface area contributed by atoms with Gasteiger partial charge in [0, 0.05) is 71.1 Å². The molecule has 0 aromatic heterocycles. The number of piperazine rings is 1. The molecule has 0 radical (unpaired) electrons. The number of piperidine rings is 1. The molecule has 0 bridgehead atoms. The summed E-state index contributed by atoms with van der Waals surface area (Å²) < 4.78 is 33.9. The van der Waals surface area contributed by atoms with Crippen LogP contribution in [0.3, 0.4) is 0 Å². The fraction of sp³-hybridized carbons (Fsp3) is 0.711. The molecule has 2 aliphatic rings. The molecule has 316 valence electrons. The Labute approximate surface area is 342 Å². The molecule has 11 heteroatoms. The van der Waals surface area contributed by atoms with Gasteiger partial charge in [0.15, 0.2) is 16.6 Å². The van der Waals surface area contributed by atoms with Crippen molar-refractivity contribution in [3.63, 3.8) is 0 Å². The van der Waals surface area contributed by atoms with Crippen molar-refractivity contribution < 1.29 is 22.8 Å². The second kappa shape index (κ2) is 20.2. The standard InChI is InChI=1S/C45H77FN4O4Si2/c1-12-52-41-20-16-19-40(46)39(41)35-48-27-29-50(30-28-48)42(51)36-47-25-23-45(24-26-47,22-21-38-17-14-13-15-18-38)37-49(31-33-53-55(8,9)43(2,3)4)32-34-54-56(10,11)44(5,6)7/h13-20H,12,21-37H2,1-11H3. The van der Waals surface area contributed by atoms with Gasteiger partial charge in [-0.15, -0.1) is 0 Å². The second-order valence-corrected chi connectivity index (χ2v) is 29.2. The molecular formula is C45H77FN4O4Si2. The first-order chi connectivity index (χ1) is 26.2. The van der Waals surface area contributed by atoms with E-state index in [1.54, 1.807) is 6.07 Å². The van der Waals surface area contributed by atoms with Crippen molar-refractivity contribution in [2.45, 2.75) is 117 Å². The number of aryl methyl sites for hydroxylation is 1. The van der Waals surface area contributed by atoms with E-state index in [9.17, 15) is 9.18 Å². The van der Waals surface area contributed by atoms with Crippen LogP contribution in [-0.4, -0.2) is 127 Å². The first kappa shape index (κ1) is 46.6. The normalized spacial score (nSPS) is 17.8. The zero-order chi connectivity index (χ0) is 41.2. The molecule has 0 unspecified atom stereocenters. The molecule has 2 saturated heterocycles. The number of nitrogens with zero attached hydrogens (tertiary/aromatic N) is 4. The number of likely N-dealkylation sites (tertiary alicyclic amines) is 1. The number of hydrogen-bond acceptors (Lipinski definition) is 7. The highest BCUT2D eigenvalue weighted by molar-refractivity contribution is 6.74. The third-order valence-electron chi connectivity index (χ3n) is 13.5. The third kappa shape index (κ3) is 13.5. The average molecular weight is 813 g/mol. The van der Waals surface area contributed by atoms with Crippen LogP contribution in [0.15, 0.2) is 48.5 Å². The summed E-state index contributed by atoms with van der Waals surface area (Å²) in [6, 6.07) is 15.9. The van der Waals surface area contributed by atoms with E-state index in [2.05, 4.69) is 113 Å². The number of hydrogen-bond donors (Lipinski definition) is 0. The molecule has 8 nitrogen and oxygen atoms in total. The lowest BCUT2D eigenvalue weighted by Gasteiger charge is -2.46. The molecule has 0 aliphatic carbocycles. The van der Waals surface area contributed by atoms with Crippen molar-refractivity contribution >= 4 is 22.5 Å². The average Bonchev–Trinajstić information content (AvgIpc) is 3.13. The molecule has 2 fully saturated rings. The minimum atomic E-state index is -1.87. The Morgan fingerprint density at radius 1 is 0.786 bits per heavy atom. The number of carbonyl (C=O) groups excluding carboxylic acids is 1. The predicted molar refractivity (Wildman–Crippen MR) is 235 cm³/mol. The molecule has 2 aromatic rings. The zero-order valence-electron chi connectivity index (χ0n) is 37.1. The lowest BCUT2D eigenvalue weighted by atomic mass is 9.73. The van der Waals surface area contributed by atoms with Gasteiger partial charge >= 0.3 is 0 Å². The van der Waals surface area contributed by atoms with Crippen LogP contribution in [-0.2, 0) is 26.6 Å². The van der Waals surface area contributed by atoms with E-state index in [4.69, 9.17) is 13.6 Å². The van der Waals surface area contributed by atoms with E-state index in [1.165, 1.54) is 11.6 Å². The van der Waals surface area contributed by atoms with E-state index >= 15 is 0 Å². The number of ether oxygens (including phenoxy) is 1. The third-order valence-corrected chi connectivity index (χ3v) is 22.5. The maximum absolute atomic E-state index is 14.7. The van der Waals surface area contributed by atoms with Crippen LogP contribution in [0, 0.1) is 11.2 Å². The summed E-state index contributed by atoms with van der Waals surface area (Å²) in [4.78, 5) is 22.9. The van der Waals surface area contributed by atoms with Gasteiger partial charge in [-0.25, -0.2) is 4.39 Å². The van der Waals surface area contributed by atoms with Crippen molar-refractivity contribution in [2.24, 2.45) is 5.41 Å². The zero-order valence-corrected chi connectivity index (χ0v) is 39.1. The van der Waals surface area contributed by atoms with Crippen molar-refractivity contribution in [1.29, 1.82) is 0 Å². The molecule has 4 rings (SSSR count). The van der Waals surface area contributed by atoms with Crippen LogP contribution < -0.4 is 4.74 Å². The Hall–Kier alpha value is -2.13. The van der Waals surface area contributed by atoms with Gasteiger partial charge in [-0.05, 0) is 105 Å². The van der Waals surface area contributed by atoms with E-state index in [0.29, 0.717) is 44.1 Å². The molecule has 2 aliphatic heterocycles. The van der Waals surface area contributed by atoms with Gasteiger partial charge in [0.1, 0.15) is 11.6 Å². The molecule has 0 atom stereocenters. The lowest BCUT2D eigenvalue weighted by molar-refractivity contribution is -0.135. The van der Waals surface area contributed by atoms with Gasteiger partial charge < -0.3 is 18.5 Å². The van der Waals surface area contributed by atoms with Gasteiger partial charge in [0.05, 0.1) is 13.2 Å². The summed E-state index contributed by atoms with van der Waals surface area (Å²) in [5.41, 5.74) is 2.13. The van der Waals surface area contributed by atoms with Gasteiger partial charge in [-0.1, -0.05) is 77.9 Å². The maximum atomic E-state index is 14.7. The summed E-state index contributed by atoms with van der Waals surface area (Å²) in [7, 11) is -3.75. The minimum absolute atomic E-state index is 0.141. The summed E-state index contributed by atoms with van der Waals surface area (Å²) >= 11 is 0. The Morgan fingerprint density at radius 3 is 1.89 bits per heavy atom. The van der Waals surface area contributed by atoms with Crippen LogP contribution in [0.4, 0.5) is 4.39 Å². The number of carbonyl (C=O) groups is 1. The highest BCUT2D eigenvalue weighted by Gasteiger charge is 2.40. The quantitative estimate of drug-likeness (QED) is 0.131. The Kier molecular flexibility index (Phi) is 16.8. The second-order valence-electron chi connectivity index (χ2n) is 19.6. The van der Waals surface area contributed by atoms with Crippen molar-refractivity contribution in [3.05, 3.63) is 65.5 Å². The maximum Gasteiger partial charge on any atom is 0.236 e. The molecule has 0 N–H and O–H groups in total. The summed E-state index contributed by atoms with van der Waals surface area (Å²) in [5, 5.41) is 0.348. The lowest BCUT2D eigenvalue weighted by Crippen LogP contribution is -2.53. The van der Waals surface area contributed by atoms with Crippen LogP contribution >= 0.6 is 0 Å². The topological polar surface area (TPSA) is 57.7 Å². The van der Waals surface area contributed by atoms with Crippen LogP contribution in [0.2, 0.25) is 36.3 Å². The van der Waals surface area contributed by atoms with Crippen LogP contribution in [0.5, 0.6) is 5.75 Å². The minimum Gasteiger partial charge on any atom is -0.493 e. The first-order valence-corrected chi connectivity index (χ1v) is 27.2. The molecule has 0 saturated carbocycles. The Bertz CT molecular complexity index is 1470. The van der Waals surface area contributed by atoms with E-state index < -0.39 is 16.6 Å². The highest BCUT2D eigenvalue weighted by atomic mass is 28.4. The van der Waals surface area contributed by atoms with Crippen molar-refractivity contribution in [1.82, 2.24) is 19.6 Å². The van der Waals surface area contributed by atoms with E-state index in [-0.39, 0.29) is 27.2 Å². The largest absolute Gasteiger partial charge is 0.493 e.